The fourth-order valence-corrected chi connectivity index (χ4v) is 8.33. The second kappa shape index (κ2) is 9.79. The van der Waals surface area contributed by atoms with Gasteiger partial charge in [-0.2, -0.15) is 0 Å². The van der Waals surface area contributed by atoms with Gasteiger partial charge in [0.25, 0.3) is 0 Å². The van der Waals surface area contributed by atoms with Gasteiger partial charge in [0.05, 0.1) is 6.54 Å². The van der Waals surface area contributed by atoms with Gasteiger partial charge in [-0.05, 0) is 74.5 Å². The Labute approximate surface area is 205 Å². The molecule has 6 fully saturated rings. The lowest BCUT2D eigenvalue weighted by Gasteiger charge is -2.55. The number of hydrogen-bond donors (Lipinski definition) is 1. The Morgan fingerprint density at radius 2 is 1.32 bits per heavy atom. The summed E-state index contributed by atoms with van der Waals surface area (Å²) in [5.41, 5.74) is -0.139. The SMILES string of the molecule is CC1CC(C)CN(C(=O)CN2CCN(C(=O)CCNC(=O)C34CC5CC(CC(C5)C3)C4)CC2)C1. The Morgan fingerprint density at radius 3 is 1.88 bits per heavy atom. The number of hydrogen-bond acceptors (Lipinski definition) is 4. The van der Waals surface area contributed by atoms with E-state index in [1.165, 1.54) is 25.7 Å². The average molecular weight is 473 g/mol. The average Bonchev–Trinajstić information content (AvgIpc) is 2.78. The molecule has 2 aliphatic heterocycles. The summed E-state index contributed by atoms with van der Waals surface area (Å²) < 4.78 is 0. The molecule has 0 aromatic heterocycles. The molecule has 1 N–H and O–H groups in total. The van der Waals surface area contributed by atoms with Crippen LogP contribution >= 0.6 is 0 Å². The maximum Gasteiger partial charge on any atom is 0.236 e. The predicted octanol–water partition coefficient (Wildman–Crippen LogP) is 2.36. The van der Waals surface area contributed by atoms with Crippen LogP contribution in [0.4, 0.5) is 0 Å². The van der Waals surface area contributed by atoms with Crippen molar-refractivity contribution in [2.75, 3.05) is 52.4 Å². The third-order valence-corrected chi connectivity index (χ3v) is 9.45. The molecule has 2 heterocycles. The van der Waals surface area contributed by atoms with Crippen molar-refractivity contribution in [3.05, 3.63) is 0 Å². The molecule has 4 aliphatic carbocycles. The first-order chi connectivity index (χ1) is 16.3. The van der Waals surface area contributed by atoms with Crippen molar-refractivity contribution in [1.82, 2.24) is 20.0 Å². The van der Waals surface area contributed by atoms with E-state index in [2.05, 4.69) is 24.1 Å². The third kappa shape index (κ3) is 5.14. The molecule has 7 nitrogen and oxygen atoms in total. The molecule has 2 atom stereocenters. The highest BCUT2D eigenvalue weighted by Gasteiger charge is 2.54. The van der Waals surface area contributed by atoms with Crippen LogP contribution < -0.4 is 5.32 Å². The van der Waals surface area contributed by atoms with Crippen LogP contribution in [-0.2, 0) is 14.4 Å². The summed E-state index contributed by atoms with van der Waals surface area (Å²) >= 11 is 0. The molecule has 0 aromatic rings. The van der Waals surface area contributed by atoms with Crippen molar-refractivity contribution in [2.45, 2.75) is 65.2 Å². The molecular formula is C27H44N4O3. The van der Waals surface area contributed by atoms with Crippen LogP contribution in [-0.4, -0.2) is 84.8 Å². The topological polar surface area (TPSA) is 73.0 Å². The van der Waals surface area contributed by atoms with E-state index in [1.807, 2.05) is 9.80 Å². The van der Waals surface area contributed by atoms with Gasteiger partial charge < -0.3 is 15.1 Å². The van der Waals surface area contributed by atoms with Gasteiger partial charge in [-0.3, -0.25) is 19.3 Å². The monoisotopic (exact) mass is 472 g/mol. The van der Waals surface area contributed by atoms with Crippen molar-refractivity contribution in [3.8, 4) is 0 Å². The number of piperazine rings is 1. The van der Waals surface area contributed by atoms with Crippen LogP contribution in [0.1, 0.15) is 65.2 Å². The van der Waals surface area contributed by atoms with Gasteiger partial charge in [-0.1, -0.05) is 13.8 Å². The third-order valence-electron chi connectivity index (χ3n) is 9.45. The summed E-state index contributed by atoms with van der Waals surface area (Å²) in [5, 5.41) is 3.14. The summed E-state index contributed by atoms with van der Waals surface area (Å²) in [6.45, 7) is 9.94. The first-order valence-corrected chi connectivity index (χ1v) is 13.9. The maximum absolute atomic E-state index is 13.1. The number of amides is 3. The largest absolute Gasteiger partial charge is 0.355 e. The van der Waals surface area contributed by atoms with E-state index in [9.17, 15) is 14.4 Å². The molecule has 0 spiro atoms. The van der Waals surface area contributed by atoms with Crippen LogP contribution in [0.15, 0.2) is 0 Å². The van der Waals surface area contributed by atoms with E-state index >= 15 is 0 Å². The van der Waals surface area contributed by atoms with Crippen LogP contribution in [0.5, 0.6) is 0 Å². The van der Waals surface area contributed by atoms with E-state index < -0.39 is 0 Å². The number of nitrogens with zero attached hydrogens (tertiary/aromatic N) is 3. The summed E-state index contributed by atoms with van der Waals surface area (Å²) in [7, 11) is 0. The minimum atomic E-state index is -0.139. The lowest BCUT2D eigenvalue weighted by molar-refractivity contribution is -0.146. The molecular weight excluding hydrogens is 428 g/mol. The smallest absolute Gasteiger partial charge is 0.236 e. The van der Waals surface area contributed by atoms with Gasteiger partial charge in [0, 0.05) is 57.6 Å². The van der Waals surface area contributed by atoms with Gasteiger partial charge >= 0.3 is 0 Å². The van der Waals surface area contributed by atoms with Crippen LogP contribution in [0.3, 0.4) is 0 Å². The van der Waals surface area contributed by atoms with Crippen molar-refractivity contribution in [3.63, 3.8) is 0 Å². The minimum Gasteiger partial charge on any atom is -0.355 e. The van der Waals surface area contributed by atoms with E-state index in [0.717, 1.165) is 63.2 Å². The Balaban J connectivity index is 1.01. The van der Waals surface area contributed by atoms with Gasteiger partial charge in [-0.25, -0.2) is 0 Å². The zero-order valence-electron chi connectivity index (χ0n) is 21.3. The van der Waals surface area contributed by atoms with Crippen LogP contribution in [0.25, 0.3) is 0 Å². The zero-order valence-corrected chi connectivity index (χ0v) is 21.3. The molecule has 4 bridgehead atoms. The Bertz CT molecular complexity index is 745. The number of rotatable bonds is 6. The molecule has 190 valence electrons. The van der Waals surface area contributed by atoms with Gasteiger partial charge in [0.15, 0.2) is 0 Å². The molecule has 3 amide bonds. The predicted molar refractivity (Wildman–Crippen MR) is 131 cm³/mol. The van der Waals surface area contributed by atoms with Gasteiger partial charge in [0.2, 0.25) is 17.7 Å². The summed E-state index contributed by atoms with van der Waals surface area (Å²) in [6.07, 6.45) is 8.77. The molecule has 2 saturated heterocycles. The van der Waals surface area contributed by atoms with Crippen molar-refractivity contribution >= 4 is 17.7 Å². The Morgan fingerprint density at radius 1 is 0.765 bits per heavy atom. The highest BCUT2D eigenvalue weighted by molar-refractivity contribution is 5.84. The second-order valence-electron chi connectivity index (χ2n) is 12.6. The number of likely N-dealkylation sites (tertiary alicyclic amines) is 1. The summed E-state index contributed by atoms with van der Waals surface area (Å²) in [6, 6.07) is 0. The van der Waals surface area contributed by atoms with E-state index in [-0.39, 0.29) is 23.1 Å². The van der Waals surface area contributed by atoms with E-state index in [1.54, 1.807) is 0 Å². The lowest BCUT2D eigenvalue weighted by Crippen LogP contribution is -2.54. The summed E-state index contributed by atoms with van der Waals surface area (Å²) in [4.78, 5) is 44.7. The fourth-order valence-electron chi connectivity index (χ4n) is 8.33. The van der Waals surface area contributed by atoms with Crippen molar-refractivity contribution in [1.29, 1.82) is 0 Å². The Hall–Kier alpha value is -1.63. The Kier molecular flexibility index (Phi) is 6.93. The quantitative estimate of drug-likeness (QED) is 0.644. The molecule has 34 heavy (non-hydrogen) atoms. The molecule has 0 aromatic carbocycles. The second-order valence-corrected chi connectivity index (χ2v) is 12.6. The number of piperidine rings is 1. The van der Waals surface area contributed by atoms with Crippen LogP contribution in [0.2, 0.25) is 0 Å². The standard InChI is InChI=1S/C27H44N4O3/c1-19-9-20(2)17-31(16-19)25(33)18-29-5-7-30(8-6-29)24(32)3-4-28-26(34)27-13-21-10-22(14-27)12-23(11-21)15-27/h19-23H,3-18H2,1-2H3,(H,28,34). The van der Waals surface area contributed by atoms with Crippen LogP contribution in [0, 0.1) is 35.0 Å². The van der Waals surface area contributed by atoms with Crippen molar-refractivity contribution in [2.24, 2.45) is 35.0 Å². The maximum atomic E-state index is 13.1. The number of carbonyl (C=O) groups excluding carboxylic acids is 3. The molecule has 7 heteroatoms. The highest BCUT2D eigenvalue weighted by atomic mass is 16.2. The fraction of sp³-hybridized carbons (Fsp3) is 0.889. The molecule has 4 saturated carbocycles. The molecule has 6 aliphatic rings. The normalized spacial score (nSPS) is 37.6. The molecule has 6 rings (SSSR count). The highest BCUT2D eigenvalue weighted by Crippen LogP contribution is 2.60. The first-order valence-electron chi connectivity index (χ1n) is 13.9. The number of nitrogens with one attached hydrogen (secondary N) is 1. The zero-order chi connectivity index (χ0) is 23.9. The van der Waals surface area contributed by atoms with Gasteiger partial charge in [-0.15, -0.1) is 0 Å². The van der Waals surface area contributed by atoms with E-state index in [4.69, 9.17) is 0 Å². The first kappa shape index (κ1) is 24.1. The molecule has 0 radical (unpaired) electrons. The number of carbonyl (C=O) groups is 3. The summed E-state index contributed by atoms with van der Waals surface area (Å²) in [5.74, 6) is 3.97. The van der Waals surface area contributed by atoms with E-state index in [0.29, 0.717) is 44.4 Å². The molecule has 2 unspecified atom stereocenters. The van der Waals surface area contributed by atoms with Crippen molar-refractivity contribution < 1.29 is 14.4 Å². The van der Waals surface area contributed by atoms with Gasteiger partial charge in [0.1, 0.15) is 0 Å². The minimum absolute atomic E-state index is 0.121. The lowest BCUT2D eigenvalue weighted by atomic mass is 9.49.